The maximum absolute atomic E-state index is 13.4. The number of aromatic nitrogens is 10. The number of likely N-dealkylation sites (tertiary alicyclic amines) is 8. The first-order valence-corrected chi connectivity index (χ1v) is 49.8. The number of pyridine rings is 8. The molecule has 15 aromatic heterocycles. The van der Waals surface area contributed by atoms with E-state index in [1.165, 1.54) is 190 Å². The highest BCUT2D eigenvalue weighted by atomic mass is 19.4. The summed E-state index contributed by atoms with van der Waals surface area (Å²) in [4.78, 5) is 59.9. The second-order valence-electron chi connectivity index (χ2n) is 39.2. The number of halogens is 3. The number of benzene rings is 1. The van der Waals surface area contributed by atoms with Crippen molar-refractivity contribution in [3.8, 4) is 40.0 Å². The minimum atomic E-state index is -4.36. The fourth-order valence-corrected chi connectivity index (χ4v) is 22.8. The summed E-state index contributed by atoms with van der Waals surface area (Å²) in [6, 6.07) is 36.1. The lowest BCUT2D eigenvalue weighted by Crippen LogP contribution is -2.21. The summed E-state index contributed by atoms with van der Waals surface area (Å²) < 4.78 is 84.9. The van der Waals surface area contributed by atoms with E-state index in [1.54, 1.807) is 25.1 Å². The van der Waals surface area contributed by atoms with Crippen LogP contribution in [0.25, 0.3) is 89.0 Å². The number of aryl methyl sites for hydroxylation is 1. The Morgan fingerprint density at radius 2 is 0.885 bits per heavy atom. The Morgan fingerprint density at radius 1 is 0.374 bits per heavy atom. The molecule has 8 atom stereocenters. The number of alkyl halides is 3. The molecule has 8 saturated heterocycles. The quantitative estimate of drug-likeness (QED) is 0.129. The number of nitrogens with zero attached hydrogens (tertiary/aromatic N) is 16. The Bertz CT molecular complexity index is 6690. The van der Waals surface area contributed by atoms with Gasteiger partial charge in [-0.2, -0.15) is 13.2 Å². The number of rotatable bonds is 10. The third-order valence-electron chi connectivity index (χ3n) is 30.3. The molecule has 27 rings (SSSR count). The topological polar surface area (TPSA) is 254 Å². The fourth-order valence-electron chi connectivity index (χ4n) is 22.8. The van der Waals surface area contributed by atoms with E-state index >= 15 is 0 Å². The normalized spacial score (nSPS) is 22.2. The average Bonchev–Trinajstić information content (AvgIpc) is 1.61. The Morgan fingerprint density at radius 3 is 1.52 bits per heavy atom. The van der Waals surface area contributed by atoms with E-state index in [1.807, 2.05) is 104 Å². The van der Waals surface area contributed by atoms with Crippen molar-refractivity contribution in [2.24, 2.45) is 0 Å². The Balaban J connectivity index is 0.0000000983. The molecule has 0 bridgehead atoms. The van der Waals surface area contributed by atoms with E-state index in [9.17, 15) is 13.2 Å². The van der Waals surface area contributed by atoms with Crippen LogP contribution in [0.2, 0.25) is 0 Å². The molecular weight excluding hydrogens is 1760 g/mol. The zero-order valence-electron chi connectivity index (χ0n) is 81.2. The summed E-state index contributed by atoms with van der Waals surface area (Å²) in [6.45, 7) is 13.6. The van der Waals surface area contributed by atoms with Crippen LogP contribution in [0.3, 0.4) is 0 Å². The summed E-state index contributed by atoms with van der Waals surface area (Å²) in [5.41, 5.74) is 20.1. The van der Waals surface area contributed by atoms with Crippen molar-refractivity contribution in [1.82, 2.24) is 89.0 Å². The van der Waals surface area contributed by atoms with Gasteiger partial charge in [-0.15, -0.1) is 0 Å². The van der Waals surface area contributed by atoms with Crippen LogP contribution in [0.4, 0.5) is 13.2 Å². The van der Waals surface area contributed by atoms with Crippen molar-refractivity contribution in [2.45, 2.75) is 183 Å². The van der Waals surface area contributed by atoms with Crippen molar-refractivity contribution in [2.75, 3.05) is 129 Å². The zero-order valence-corrected chi connectivity index (χ0v) is 81.2. The van der Waals surface area contributed by atoms with E-state index < -0.39 is 11.7 Å². The lowest BCUT2D eigenvalue weighted by atomic mass is 9.96. The highest BCUT2D eigenvalue weighted by Crippen LogP contribution is 2.48. The molecule has 0 amide bonds. The van der Waals surface area contributed by atoms with Crippen molar-refractivity contribution >= 4 is 66.3 Å². The van der Waals surface area contributed by atoms with E-state index in [4.69, 9.17) is 36.3 Å². The van der Waals surface area contributed by atoms with Crippen LogP contribution in [-0.4, -0.2) is 218 Å². The lowest BCUT2D eigenvalue weighted by Gasteiger charge is -2.23. The lowest BCUT2D eigenvalue weighted by molar-refractivity contribution is -0.137. The zero-order chi connectivity index (χ0) is 95.4. The van der Waals surface area contributed by atoms with Gasteiger partial charge in [0.15, 0.2) is 0 Å². The molecule has 1 aromatic carbocycles. The summed E-state index contributed by atoms with van der Waals surface area (Å²) >= 11 is 0. The molecule has 0 unspecified atom stereocenters. The predicted octanol–water partition coefficient (Wildman–Crippen LogP) is 22.8. The highest BCUT2D eigenvalue weighted by molar-refractivity contribution is 5.96. The smallest absolute Gasteiger partial charge is 0.417 e. The predicted molar refractivity (Wildman–Crippen MR) is 534 cm³/mol. The molecule has 139 heavy (non-hydrogen) atoms. The number of furan rings is 5. The van der Waals surface area contributed by atoms with Gasteiger partial charge in [-0.3, -0.25) is 49.2 Å². The first-order chi connectivity index (χ1) is 67.8. The van der Waals surface area contributed by atoms with Crippen LogP contribution < -0.4 is 14.2 Å². The summed E-state index contributed by atoms with van der Waals surface area (Å²) in [6.07, 6.45) is 43.3. The van der Waals surface area contributed by atoms with Crippen LogP contribution in [0.1, 0.15) is 224 Å². The largest absolute Gasteiger partial charge is 0.492 e. The summed E-state index contributed by atoms with van der Waals surface area (Å²) in [5.74, 6) is 4.70. The molecule has 16 aromatic rings. The molecule has 0 radical (unpaired) electrons. The molecule has 26 nitrogen and oxygen atoms in total. The number of H-pyrrole nitrogens is 2. The van der Waals surface area contributed by atoms with E-state index in [0.717, 1.165) is 168 Å². The highest BCUT2D eigenvalue weighted by Gasteiger charge is 2.41. The van der Waals surface area contributed by atoms with Crippen LogP contribution in [0, 0.1) is 6.92 Å². The molecule has 26 heterocycles. The third kappa shape index (κ3) is 20.5. The molecule has 0 spiro atoms. The van der Waals surface area contributed by atoms with Crippen LogP contribution >= 0.6 is 0 Å². The minimum absolute atomic E-state index is 0.158. The second-order valence-corrected chi connectivity index (χ2v) is 39.2. The van der Waals surface area contributed by atoms with Crippen LogP contribution in [0.15, 0.2) is 206 Å². The molecule has 726 valence electrons. The molecular formula is C110H127F3N18O8. The van der Waals surface area contributed by atoms with Crippen molar-refractivity contribution in [3.63, 3.8) is 0 Å². The number of ether oxygens (including phenoxy) is 3. The number of hydrogen-bond donors (Lipinski definition) is 2. The standard InChI is InChI=1S/C20H18N2O2.C16H16N2O2.C13H14F3N3.C13H18N2O.C12H15N3.2C12H16N2O.C12H14N2O/c1-22-9-4-6-16(22)15-12-21-20-14(8-10-23-20)19(15)18-11-13-5-2-3-7-17(13)24-18;1-18-6-2-4-14(18)11-8-12-13(15-5-3-7-19-15)10-20-16(12)17-9-11;1-19-6-2-3-10(19)9-7-18-12-8(4-5-17-12)11(9)13(14,15)16;1-9-10-5-7-16-13(10)11(8-14-9)12-4-3-6-15(12)2;1-15-6-2-3-11(15)10-7-9-4-5-13-12(9)14-8-10;1-14-5-2-3-11(14)9-7-12-10(13-8-9)4-6-15-12;2*1-14-5-2-3-11(14)10-7-9-4-6-15-12(9)13-8-10/h2-3,5,7-8,10-12,16H,4,6,9H2,1H3;3,5,7-10,14H,2,4,6H2,1H3;4-5,7,10H,2-3,6H2,1H3,(H,17,18);8,12H,3-7H2,1-2H3;4-5,7-8,11H,2-3,6H2,1H3,(H,13,14);2*7-8,11H,2-6H2,1H3;4,6-8,11H,2-3,5H2,1H3/t16-;14-;10-;12-;4*11-/m00000000/s1. The van der Waals surface area contributed by atoms with E-state index in [-0.39, 0.29) is 17.1 Å². The number of hydrogen-bond acceptors (Lipinski definition) is 24. The van der Waals surface area contributed by atoms with Gasteiger partial charge in [0.25, 0.3) is 0 Å². The number of para-hydroxylation sites is 1. The maximum atomic E-state index is 13.4. The second kappa shape index (κ2) is 42.1. The molecule has 2 N–H and O–H groups in total. The van der Waals surface area contributed by atoms with Gasteiger partial charge in [0.2, 0.25) is 23.0 Å². The van der Waals surface area contributed by atoms with Gasteiger partial charge in [-0.25, -0.2) is 29.9 Å². The molecule has 0 saturated carbocycles. The van der Waals surface area contributed by atoms with Gasteiger partial charge in [-0.1, -0.05) is 18.2 Å². The third-order valence-corrected chi connectivity index (χ3v) is 30.3. The fraction of sp³-hybridized carbons (Fsp3) is 0.436. The van der Waals surface area contributed by atoms with Gasteiger partial charge < -0.3 is 46.3 Å². The first-order valence-electron chi connectivity index (χ1n) is 49.8. The van der Waals surface area contributed by atoms with Crippen molar-refractivity contribution in [1.29, 1.82) is 0 Å². The van der Waals surface area contributed by atoms with Gasteiger partial charge >= 0.3 is 6.18 Å². The number of fused-ring (bicyclic) bond motifs is 9. The molecule has 8 fully saturated rings. The Kier molecular flexibility index (Phi) is 28.6. The van der Waals surface area contributed by atoms with Gasteiger partial charge in [0, 0.05) is 185 Å². The summed E-state index contributed by atoms with van der Waals surface area (Å²) in [7, 11) is 17.2. The Hall–Kier alpha value is -12.2. The van der Waals surface area contributed by atoms with Gasteiger partial charge in [0.05, 0.1) is 66.2 Å². The van der Waals surface area contributed by atoms with Crippen LogP contribution in [-0.2, 0) is 25.4 Å². The minimum Gasteiger partial charge on any atom is -0.492 e. The first kappa shape index (κ1) is 94.4. The molecule has 0 aliphatic carbocycles. The van der Waals surface area contributed by atoms with Gasteiger partial charge in [0.1, 0.15) is 46.2 Å². The van der Waals surface area contributed by atoms with E-state index in [2.05, 4.69) is 189 Å². The van der Waals surface area contributed by atoms with Crippen molar-refractivity contribution in [3.05, 3.63) is 257 Å². The van der Waals surface area contributed by atoms with Crippen LogP contribution in [0.5, 0.6) is 17.4 Å². The van der Waals surface area contributed by atoms with E-state index in [0.29, 0.717) is 59.3 Å². The Labute approximate surface area is 809 Å². The number of aromatic amines is 2. The maximum Gasteiger partial charge on any atom is 0.417 e. The molecule has 11 aliphatic heterocycles. The summed E-state index contributed by atoms with van der Waals surface area (Å²) in [5, 5.41) is 5.64. The number of nitrogens with one attached hydrogen (secondary N) is 2. The average molecular weight is 1890 g/mol. The van der Waals surface area contributed by atoms with Crippen molar-refractivity contribution < 1.29 is 49.5 Å². The SMILES string of the molecule is CN1CCC[C@H]1c1cnc2[nH]ccc2c1.CN1CCC[C@H]1c1cnc2[nH]ccc2c1C(F)(F)F.CN1CCC[C@H]1c1cnc2c(c1)CCO2.CN1CCC[C@H]1c1cnc2c(c1)OCC2.CN1CCC[C@H]1c1cnc2occ(-c3ccco3)c2c1.CN1CCC[C@H]1c1cnc2occc2c1.CN1CCC[C@H]1c1cnc2occc2c1-c1cc2ccccc2o1.Cc1ncc([C@@H]2CCCN2C)c2c1CCO2. The monoisotopic (exact) mass is 1890 g/mol. The molecule has 29 heteroatoms. The molecule has 11 aliphatic rings. The van der Waals surface area contributed by atoms with Gasteiger partial charge in [-0.05, 0) is 331 Å².